The van der Waals surface area contributed by atoms with Gasteiger partial charge in [0.2, 0.25) is 5.91 Å². The van der Waals surface area contributed by atoms with E-state index in [0.29, 0.717) is 6.61 Å². The van der Waals surface area contributed by atoms with Gasteiger partial charge in [0.25, 0.3) is 0 Å². The molecule has 1 aliphatic rings. The molecule has 1 aromatic carbocycles. The minimum atomic E-state index is -1.01. The Morgan fingerprint density at radius 2 is 2.22 bits per heavy atom. The maximum absolute atomic E-state index is 12.2. The lowest BCUT2D eigenvalue weighted by atomic mass is 9.93. The summed E-state index contributed by atoms with van der Waals surface area (Å²) in [5.74, 6) is 0.683. The highest BCUT2D eigenvalue weighted by Gasteiger charge is 2.31. The summed E-state index contributed by atoms with van der Waals surface area (Å²) in [7, 11) is 1.69. The number of fused-ring (bicyclic) bond motifs is 1. The van der Waals surface area contributed by atoms with E-state index in [1.54, 1.807) is 20.9 Å². The number of carbonyl (C=O) groups is 1. The van der Waals surface area contributed by atoms with Crippen LogP contribution < -0.4 is 9.64 Å². The Kier molecular flexibility index (Phi) is 3.00. The monoisotopic (exact) mass is 244 g/mol. The molecule has 4 nitrogen and oxygen atoms in total. The van der Waals surface area contributed by atoms with Gasteiger partial charge in [0.05, 0.1) is 12.7 Å². The summed E-state index contributed by atoms with van der Waals surface area (Å²) in [6.45, 7) is 3.95. The Labute approximate surface area is 107 Å². The number of nitrogens with zero attached hydrogens (tertiary/aromatic N) is 2. The third-order valence-corrected chi connectivity index (χ3v) is 3.18. The molecule has 94 valence electrons. The molecular formula is C14H16N2O2. The number of amides is 1. The predicted molar refractivity (Wildman–Crippen MR) is 68.4 cm³/mol. The third kappa shape index (κ3) is 2.04. The first-order valence-electron chi connectivity index (χ1n) is 5.91. The molecule has 0 unspecified atom stereocenters. The fourth-order valence-corrected chi connectivity index (χ4v) is 1.97. The summed E-state index contributed by atoms with van der Waals surface area (Å²) in [6, 6.07) is 7.70. The van der Waals surface area contributed by atoms with Crippen LogP contribution >= 0.6 is 0 Å². The lowest BCUT2D eigenvalue weighted by Gasteiger charge is -2.24. The smallest absolute Gasteiger partial charge is 0.246 e. The molecule has 0 fully saturated rings. The summed E-state index contributed by atoms with van der Waals surface area (Å²) in [6.07, 6.45) is 0.868. The van der Waals surface area contributed by atoms with Gasteiger partial charge in [0, 0.05) is 19.2 Å². The Morgan fingerprint density at radius 3 is 2.89 bits per heavy atom. The van der Waals surface area contributed by atoms with E-state index in [4.69, 9.17) is 10.00 Å². The van der Waals surface area contributed by atoms with Gasteiger partial charge in [0.15, 0.2) is 0 Å². The van der Waals surface area contributed by atoms with E-state index in [1.807, 2.05) is 24.3 Å². The highest BCUT2D eigenvalue weighted by molar-refractivity contribution is 5.98. The van der Waals surface area contributed by atoms with Gasteiger partial charge >= 0.3 is 0 Å². The summed E-state index contributed by atoms with van der Waals surface area (Å²) < 4.78 is 5.43. The summed E-state index contributed by atoms with van der Waals surface area (Å²) in [5, 5.41) is 9.00. The Hall–Kier alpha value is -2.02. The van der Waals surface area contributed by atoms with E-state index in [2.05, 4.69) is 0 Å². The van der Waals surface area contributed by atoms with Gasteiger partial charge < -0.3 is 9.64 Å². The minimum Gasteiger partial charge on any atom is -0.493 e. The molecule has 0 saturated carbocycles. The molecular weight excluding hydrogens is 228 g/mol. The molecule has 1 amide bonds. The summed E-state index contributed by atoms with van der Waals surface area (Å²) in [5.41, 5.74) is 0.902. The topological polar surface area (TPSA) is 53.3 Å². The molecule has 0 atom stereocenters. The number of hydrogen-bond donors (Lipinski definition) is 0. The van der Waals surface area contributed by atoms with Gasteiger partial charge in [-0.3, -0.25) is 4.79 Å². The van der Waals surface area contributed by atoms with Crippen LogP contribution in [0.3, 0.4) is 0 Å². The van der Waals surface area contributed by atoms with Gasteiger partial charge in [-0.25, -0.2) is 0 Å². The van der Waals surface area contributed by atoms with Gasteiger partial charge in [0.1, 0.15) is 11.2 Å². The first-order valence-corrected chi connectivity index (χ1v) is 5.91. The summed E-state index contributed by atoms with van der Waals surface area (Å²) >= 11 is 0. The van der Waals surface area contributed by atoms with E-state index < -0.39 is 5.41 Å². The minimum absolute atomic E-state index is 0.205. The average molecular weight is 244 g/mol. The van der Waals surface area contributed by atoms with E-state index in [0.717, 1.165) is 23.4 Å². The van der Waals surface area contributed by atoms with Crippen LogP contribution in [0.2, 0.25) is 0 Å². The molecule has 0 saturated heterocycles. The second kappa shape index (κ2) is 4.34. The fourth-order valence-electron chi connectivity index (χ4n) is 1.97. The normalized spacial score (nSPS) is 13.4. The van der Waals surface area contributed by atoms with E-state index in [-0.39, 0.29) is 5.91 Å². The van der Waals surface area contributed by atoms with Crippen molar-refractivity contribution in [3.63, 3.8) is 0 Å². The molecule has 18 heavy (non-hydrogen) atoms. The van der Waals surface area contributed by atoms with Crippen molar-refractivity contribution in [1.29, 1.82) is 5.26 Å². The zero-order chi connectivity index (χ0) is 13.3. The number of hydrogen-bond acceptors (Lipinski definition) is 3. The maximum atomic E-state index is 12.2. The van der Waals surface area contributed by atoms with E-state index in [9.17, 15) is 4.79 Å². The molecule has 0 aromatic heterocycles. The number of rotatable bonds is 2. The first-order chi connectivity index (χ1) is 8.45. The molecule has 4 heteroatoms. The molecule has 0 bridgehead atoms. The average Bonchev–Trinajstić information content (AvgIpc) is 2.84. The number of nitriles is 1. The highest BCUT2D eigenvalue weighted by atomic mass is 16.5. The molecule has 0 aliphatic carbocycles. The second-order valence-electron chi connectivity index (χ2n) is 4.99. The molecule has 0 N–H and O–H groups in total. The van der Waals surface area contributed by atoms with Crippen molar-refractivity contribution in [2.24, 2.45) is 5.41 Å². The van der Waals surface area contributed by atoms with Crippen LogP contribution in [0.25, 0.3) is 0 Å². The molecule has 0 spiro atoms. The van der Waals surface area contributed by atoms with Gasteiger partial charge in [-0.2, -0.15) is 5.26 Å². The standard InChI is InChI=1S/C14H16N2O2/c1-14(2,9-15)13(17)16(3)11-4-5-12-10(8-11)6-7-18-12/h4-5,8H,6-7H2,1-3H3. The van der Waals surface area contributed by atoms with Crippen molar-refractivity contribution in [3.8, 4) is 11.8 Å². The van der Waals surface area contributed by atoms with Crippen LogP contribution in [0.5, 0.6) is 5.75 Å². The van der Waals surface area contributed by atoms with Crippen LogP contribution in [-0.4, -0.2) is 19.6 Å². The number of anilines is 1. The fraction of sp³-hybridized carbons (Fsp3) is 0.429. The maximum Gasteiger partial charge on any atom is 0.246 e. The Balaban J connectivity index is 2.27. The van der Waals surface area contributed by atoms with Crippen molar-refractivity contribution < 1.29 is 9.53 Å². The van der Waals surface area contributed by atoms with Crippen LogP contribution in [0, 0.1) is 16.7 Å². The number of ether oxygens (including phenoxy) is 1. The largest absolute Gasteiger partial charge is 0.493 e. The third-order valence-electron chi connectivity index (χ3n) is 3.18. The Morgan fingerprint density at radius 1 is 1.50 bits per heavy atom. The zero-order valence-electron chi connectivity index (χ0n) is 10.9. The highest BCUT2D eigenvalue weighted by Crippen LogP contribution is 2.30. The van der Waals surface area contributed by atoms with Crippen molar-refractivity contribution in [2.75, 3.05) is 18.6 Å². The van der Waals surface area contributed by atoms with E-state index in [1.165, 1.54) is 4.90 Å². The molecule has 1 aliphatic heterocycles. The Bertz CT molecular complexity index is 529. The molecule has 1 aromatic rings. The SMILES string of the molecule is CN(C(=O)C(C)(C)C#N)c1ccc2c(c1)CCO2. The van der Waals surface area contributed by atoms with Gasteiger partial charge in [-0.1, -0.05) is 0 Å². The molecule has 2 rings (SSSR count). The second-order valence-corrected chi connectivity index (χ2v) is 4.99. The van der Waals surface area contributed by atoms with Crippen LogP contribution in [0.4, 0.5) is 5.69 Å². The first kappa shape index (κ1) is 12.4. The van der Waals surface area contributed by atoms with Gasteiger partial charge in [-0.05, 0) is 37.6 Å². The number of carbonyl (C=O) groups excluding carboxylic acids is 1. The van der Waals surface area contributed by atoms with Gasteiger partial charge in [-0.15, -0.1) is 0 Å². The molecule has 0 radical (unpaired) electrons. The van der Waals surface area contributed by atoms with Crippen molar-refractivity contribution in [1.82, 2.24) is 0 Å². The zero-order valence-corrected chi connectivity index (χ0v) is 10.9. The quantitative estimate of drug-likeness (QED) is 0.800. The van der Waals surface area contributed by atoms with Crippen LogP contribution in [0.15, 0.2) is 18.2 Å². The van der Waals surface area contributed by atoms with Crippen molar-refractivity contribution in [3.05, 3.63) is 23.8 Å². The van der Waals surface area contributed by atoms with Crippen molar-refractivity contribution in [2.45, 2.75) is 20.3 Å². The molecule has 1 heterocycles. The summed E-state index contributed by atoms with van der Waals surface area (Å²) in [4.78, 5) is 13.7. The lowest BCUT2D eigenvalue weighted by molar-refractivity contribution is -0.123. The lowest BCUT2D eigenvalue weighted by Crippen LogP contribution is -2.37. The van der Waals surface area contributed by atoms with E-state index >= 15 is 0 Å². The predicted octanol–water partition coefficient (Wildman–Crippen LogP) is 2.13. The van der Waals surface area contributed by atoms with Crippen LogP contribution in [0.1, 0.15) is 19.4 Å². The van der Waals surface area contributed by atoms with Crippen LogP contribution in [-0.2, 0) is 11.2 Å². The number of benzene rings is 1. The van der Waals surface area contributed by atoms with Crippen molar-refractivity contribution >= 4 is 11.6 Å².